The molecule has 2 N–H and O–H groups in total. The molecular formula is C9H15NOS. The highest BCUT2D eigenvalue weighted by Crippen LogP contribution is 2.19. The minimum Gasteiger partial charge on any atom is -0.468 e. The summed E-state index contributed by atoms with van der Waals surface area (Å²) in [6.07, 6.45) is 1.66. The van der Waals surface area contributed by atoms with E-state index in [9.17, 15) is 0 Å². The van der Waals surface area contributed by atoms with Crippen molar-refractivity contribution in [1.29, 1.82) is 0 Å². The van der Waals surface area contributed by atoms with Crippen molar-refractivity contribution in [2.45, 2.75) is 25.1 Å². The zero-order valence-corrected chi connectivity index (χ0v) is 8.30. The van der Waals surface area contributed by atoms with E-state index in [1.807, 2.05) is 23.9 Å². The molecule has 0 aromatic carbocycles. The van der Waals surface area contributed by atoms with Crippen molar-refractivity contribution in [3.63, 3.8) is 0 Å². The van der Waals surface area contributed by atoms with E-state index in [0.29, 0.717) is 5.25 Å². The predicted molar refractivity (Wildman–Crippen MR) is 53.2 cm³/mol. The van der Waals surface area contributed by atoms with Crippen LogP contribution in [-0.4, -0.2) is 11.0 Å². The molecule has 3 heteroatoms. The van der Waals surface area contributed by atoms with E-state index < -0.39 is 0 Å². The van der Waals surface area contributed by atoms with Gasteiger partial charge in [-0.25, -0.2) is 0 Å². The van der Waals surface area contributed by atoms with Crippen molar-refractivity contribution in [2.24, 2.45) is 5.73 Å². The fourth-order valence-corrected chi connectivity index (χ4v) is 1.64. The summed E-state index contributed by atoms with van der Waals surface area (Å²) in [6.45, 7) is 4.33. The van der Waals surface area contributed by atoms with Crippen LogP contribution < -0.4 is 5.73 Å². The quantitative estimate of drug-likeness (QED) is 0.783. The second-order valence-electron chi connectivity index (χ2n) is 3.00. The van der Waals surface area contributed by atoms with Gasteiger partial charge < -0.3 is 10.2 Å². The third kappa shape index (κ3) is 2.91. The molecule has 1 heterocycles. The minimum absolute atomic E-state index is 0.0346. The minimum atomic E-state index is 0.0346. The highest BCUT2D eigenvalue weighted by Gasteiger charge is 2.08. The van der Waals surface area contributed by atoms with Crippen LogP contribution in [0.2, 0.25) is 0 Å². The van der Waals surface area contributed by atoms with Crippen molar-refractivity contribution in [3.8, 4) is 0 Å². The molecule has 68 valence electrons. The van der Waals surface area contributed by atoms with Crippen molar-refractivity contribution in [3.05, 3.63) is 24.2 Å². The molecule has 0 bridgehead atoms. The van der Waals surface area contributed by atoms with E-state index in [4.69, 9.17) is 10.2 Å². The fraction of sp³-hybridized carbons (Fsp3) is 0.556. The Hall–Kier alpha value is -0.410. The van der Waals surface area contributed by atoms with Crippen LogP contribution in [0, 0.1) is 0 Å². The molecule has 0 saturated carbocycles. The maximum Gasteiger partial charge on any atom is 0.121 e. The molecule has 1 aromatic heterocycles. The summed E-state index contributed by atoms with van der Waals surface area (Å²) < 4.78 is 5.19. The molecule has 0 amide bonds. The number of nitrogens with two attached hydrogens (primary N) is 1. The van der Waals surface area contributed by atoms with E-state index in [0.717, 1.165) is 11.5 Å². The first kappa shape index (κ1) is 9.68. The molecule has 0 aliphatic rings. The lowest BCUT2D eigenvalue weighted by Gasteiger charge is -2.09. The second-order valence-corrected chi connectivity index (χ2v) is 4.61. The molecule has 2 nitrogen and oxygen atoms in total. The van der Waals surface area contributed by atoms with Crippen LogP contribution in [0.5, 0.6) is 0 Å². The van der Waals surface area contributed by atoms with Crippen LogP contribution in [0.15, 0.2) is 22.8 Å². The van der Waals surface area contributed by atoms with Crippen molar-refractivity contribution in [1.82, 2.24) is 0 Å². The molecule has 0 radical (unpaired) electrons. The first-order valence-corrected chi connectivity index (χ1v) is 5.15. The molecule has 1 atom stereocenters. The van der Waals surface area contributed by atoms with Gasteiger partial charge in [-0.1, -0.05) is 13.8 Å². The second kappa shape index (κ2) is 4.58. The van der Waals surface area contributed by atoms with Crippen LogP contribution >= 0.6 is 11.8 Å². The van der Waals surface area contributed by atoms with E-state index in [1.54, 1.807) is 6.26 Å². The Labute approximate surface area is 77.5 Å². The standard InChI is InChI=1S/C9H15NOS/c1-7(2)12-6-8(10)9-4-3-5-11-9/h3-5,7-8H,6,10H2,1-2H3. The summed E-state index contributed by atoms with van der Waals surface area (Å²) in [5.41, 5.74) is 5.87. The Morgan fingerprint density at radius 3 is 2.83 bits per heavy atom. The van der Waals surface area contributed by atoms with E-state index >= 15 is 0 Å². The SMILES string of the molecule is CC(C)SCC(N)c1ccco1. The summed E-state index contributed by atoms with van der Waals surface area (Å²) in [4.78, 5) is 0. The number of thioether (sulfide) groups is 1. The van der Waals surface area contributed by atoms with Gasteiger partial charge in [0.25, 0.3) is 0 Å². The summed E-state index contributed by atoms with van der Waals surface area (Å²) >= 11 is 1.85. The van der Waals surface area contributed by atoms with E-state index in [-0.39, 0.29) is 6.04 Å². The van der Waals surface area contributed by atoms with Gasteiger partial charge in [-0.3, -0.25) is 0 Å². The number of hydrogen-bond donors (Lipinski definition) is 1. The lowest BCUT2D eigenvalue weighted by molar-refractivity contribution is 0.482. The van der Waals surface area contributed by atoms with Crippen LogP contribution in [0.3, 0.4) is 0 Å². The molecule has 0 aliphatic carbocycles. The van der Waals surface area contributed by atoms with Crippen LogP contribution in [-0.2, 0) is 0 Å². The lowest BCUT2D eigenvalue weighted by Crippen LogP contribution is -2.13. The largest absolute Gasteiger partial charge is 0.468 e. The van der Waals surface area contributed by atoms with Crippen molar-refractivity contribution in [2.75, 3.05) is 5.75 Å². The van der Waals surface area contributed by atoms with Gasteiger partial charge in [0.15, 0.2) is 0 Å². The van der Waals surface area contributed by atoms with Gasteiger partial charge in [-0.15, -0.1) is 0 Å². The van der Waals surface area contributed by atoms with Gasteiger partial charge in [0.05, 0.1) is 12.3 Å². The van der Waals surface area contributed by atoms with Gasteiger partial charge in [-0.05, 0) is 17.4 Å². The Balaban J connectivity index is 2.34. The van der Waals surface area contributed by atoms with Gasteiger partial charge >= 0.3 is 0 Å². The Morgan fingerprint density at radius 2 is 2.33 bits per heavy atom. The van der Waals surface area contributed by atoms with E-state index in [1.165, 1.54) is 0 Å². The Kier molecular flexibility index (Phi) is 3.69. The molecule has 0 fully saturated rings. The van der Waals surface area contributed by atoms with Gasteiger partial charge in [0.2, 0.25) is 0 Å². The average molecular weight is 185 g/mol. The molecule has 1 aromatic rings. The normalized spacial score (nSPS) is 13.7. The van der Waals surface area contributed by atoms with Gasteiger partial charge in [0, 0.05) is 5.75 Å². The highest BCUT2D eigenvalue weighted by molar-refractivity contribution is 7.99. The van der Waals surface area contributed by atoms with Crippen LogP contribution in [0.4, 0.5) is 0 Å². The molecular weight excluding hydrogens is 170 g/mol. The summed E-state index contributed by atoms with van der Waals surface area (Å²) in [5.74, 6) is 1.80. The van der Waals surface area contributed by atoms with Gasteiger partial charge in [-0.2, -0.15) is 11.8 Å². The van der Waals surface area contributed by atoms with E-state index in [2.05, 4.69) is 13.8 Å². The zero-order chi connectivity index (χ0) is 8.97. The summed E-state index contributed by atoms with van der Waals surface area (Å²) in [7, 11) is 0. The molecule has 1 rings (SSSR count). The summed E-state index contributed by atoms with van der Waals surface area (Å²) in [5, 5.41) is 0.631. The number of furan rings is 1. The number of hydrogen-bond acceptors (Lipinski definition) is 3. The first-order valence-electron chi connectivity index (χ1n) is 4.10. The molecule has 12 heavy (non-hydrogen) atoms. The predicted octanol–water partition coefficient (Wildman–Crippen LogP) is 2.42. The smallest absolute Gasteiger partial charge is 0.121 e. The van der Waals surface area contributed by atoms with Gasteiger partial charge in [0.1, 0.15) is 5.76 Å². The first-order chi connectivity index (χ1) is 5.70. The monoisotopic (exact) mass is 185 g/mol. The highest BCUT2D eigenvalue weighted by atomic mass is 32.2. The molecule has 0 spiro atoms. The Morgan fingerprint density at radius 1 is 1.58 bits per heavy atom. The molecule has 0 aliphatic heterocycles. The van der Waals surface area contributed by atoms with Crippen molar-refractivity contribution >= 4 is 11.8 Å². The lowest BCUT2D eigenvalue weighted by atomic mass is 10.3. The van der Waals surface area contributed by atoms with Crippen LogP contribution in [0.1, 0.15) is 25.6 Å². The average Bonchev–Trinajstić information content (AvgIpc) is 2.51. The maximum atomic E-state index is 5.87. The Bertz CT molecular complexity index is 208. The third-order valence-electron chi connectivity index (χ3n) is 1.52. The van der Waals surface area contributed by atoms with Crippen molar-refractivity contribution < 1.29 is 4.42 Å². The fourth-order valence-electron chi connectivity index (χ4n) is 0.881. The number of rotatable bonds is 4. The molecule has 0 saturated heterocycles. The molecule has 1 unspecified atom stereocenters. The maximum absolute atomic E-state index is 5.87. The zero-order valence-electron chi connectivity index (χ0n) is 7.49. The topological polar surface area (TPSA) is 39.2 Å². The van der Waals surface area contributed by atoms with Crippen LogP contribution in [0.25, 0.3) is 0 Å². The summed E-state index contributed by atoms with van der Waals surface area (Å²) in [6, 6.07) is 3.83. The third-order valence-corrected chi connectivity index (χ3v) is 2.74.